The maximum absolute atomic E-state index is 14.0. The lowest BCUT2D eigenvalue weighted by atomic mass is 10.2. The van der Waals surface area contributed by atoms with Crippen molar-refractivity contribution in [1.82, 2.24) is 5.32 Å². The monoisotopic (exact) mass is 307 g/mol. The van der Waals surface area contributed by atoms with Crippen LogP contribution in [0.1, 0.15) is 18.4 Å². The highest BCUT2D eigenvalue weighted by Gasteiger charge is 2.21. The van der Waals surface area contributed by atoms with E-state index in [9.17, 15) is 4.39 Å². The SMILES string of the molecule is Fc1cccc(Sc2ccccc2Cl)c1CNC1CC1. The third kappa shape index (κ3) is 3.35. The van der Waals surface area contributed by atoms with Gasteiger partial charge in [-0.05, 0) is 37.1 Å². The first-order valence-corrected chi connectivity index (χ1v) is 7.86. The largest absolute Gasteiger partial charge is 0.310 e. The van der Waals surface area contributed by atoms with E-state index < -0.39 is 0 Å². The van der Waals surface area contributed by atoms with Gasteiger partial charge in [-0.15, -0.1) is 0 Å². The van der Waals surface area contributed by atoms with Crippen molar-refractivity contribution in [3.05, 3.63) is 58.9 Å². The van der Waals surface area contributed by atoms with Crippen LogP contribution in [0.4, 0.5) is 4.39 Å². The molecule has 0 radical (unpaired) electrons. The van der Waals surface area contributed by atoms with Gasteiger partial charge in [-0.25, -0.2) is 4.39 Å². The van der Waals surface area contributed by atoms with Crippen LogP contribution in [0, 0.1) is 5.82 Å². The Kier molecular flexibility index (Phi) is 4.29. The van der Waals surface area contributed by atoms with Crippen molar-refractivity contribution in [3.8, 4) is 0 Å². The average molecular weight is 308 g/mol. The minimum absolute atomic E-state index is 0.157. The van der Waals surface area contributed by atoms with E-state index in [4.69, 9.17) is 11.6 Å². The highest BCUT2D eigenvalue weighted by Crippen LogP contribution is 2.36. The molecule has 0 unspecified atom stereocenters. The molecule has 1 N–H and O–H groups in total. The van der Waals surface area contributed by atoms with Crippen molar-refractivity contribution in [2.45, 2.75) is 35.2 Å². The lowest BCUT2D eigenvalue weighted by Crippen LogP contribution is -2.16. The summed E-state index contributed by atoms with van der Waals surface area (Å²) < 4.78 is 14.0. The fourth-order valence-electron chi connectivity index (χ4n) is 1.99. The van der Waals surface area contributed by atoms with E-state index in [0.29, 0.717) is 17.6 Å². The Morgan fingerprint density at radius 1 is 1.10 bits per heavy atom. The third-order valence-electron chi connectivity index (χ3n) is 3.28. The fourth-order valence-corrected chi connectivity index (χ4v) is 3.23. The molecular formula is C16H15ClFNS. The molecule has 0 atom stereocenters. The van der Waals surface area contributed by atoms with E-state index >= 15 is 0 Å². The number of halogens is 2. The van der Waals surface area contributed by atoms with Gasteiger partial charge in [0.05, 0.1) is 5.02 Å². The molecule has 0 saturated heterocycles. The first-order valence-electron chi connectivity index (χ1n) is 6.67. The predicted octanol–water partition coefficient (Wildman–Crippen LogP) is 4.88. The van der Waals surface area contributed by atoms with Gasteiger partial charge in [-0.2, -0.15) is 0 Å². The number of rotatable bonds is 5. The summed E-state index contributed by atoms with van der Waals surface area (Å²) in [5.74, 6) is -0.157. The van der Waals surface area contributed by atoms with Crippen molar-refractivity contribution in [1.29, 1.82) is 0 Å². The molecule has 4 heteroatoms. The molecule has 0 aromatic heterocycles. The van der Waals surface area contributed by atoms with Gasteiger partial charge in [0.2, 0.25) is 0 Å². The van der Waals surface area contributed by atoms with Gasteiger partial charge in [0.25, 0.3) is 0 Å². The maximum Gasteiger partial charge on any atom is 0.128 e. The molecule has 1 saturated carbocycles. The zero-order valence-corrected chi connectivity index (χ0v) is 12.5. The standard InChI is InChI=1S/C16H15ClFNS/c17-13-4-1-2-6-16(13)20-15-7-3-5-14(18)12(15)10-19-11-8-9-11/h1-7,11,19H,8-10H2. The number of nitrogens with one attached hydrogen (secondary N) is 1. The molecule has 0 spiro atoms. The number of hydrogen-bond donors (Lipinski definition) is 1. The van der Waals surface area contributed by atoms with Gasteiger partial charge in [-0.1, -0.05) is 41.6 Å². The van der Waals surface area contributed by atoms with Crippen molar-refractivity contribution in [3.63, 3.8) is 0 Å². The summed E-state index contributed by atoms with van der Waals surface area (Å²) in [5.41, 5.74) is 0.726. The average Bonchev–Trinajstić information content (AvgIpc) is 3.25. The second kappa shape index (κ2) is 6.17. The molecule has 0 heterocycles. The smallest absolute Gasteiger partial charge is 0.128 e. The molecule has 3 rings (SSSR count). The lowest BCUT2D eigenvalue weighted by Gasteiger charge is -2.11. The van der Waals surface area contributed by atoms with Crippen LogP contribution in [0.25, 0.3) is 0 Å². The molecule has 0 amide bonds. The zero-order chi connectivity index (χ0) is 13.9. The van der Waals surface area contributed by atoms with Crippen molar-refractivity contribution in [2.24, 2.45) is 0 Å². The molecule has 2 aromatic rings. The van der Waals surface area contributed by atoms with Gasteiger partial charge < -0.3 is 5.32 Å². The second-order valence-electron chi connectivity index (χ2n) is 4.90. The van der Waals surface area contributed by atoms with E-state index in [1.165, 1.54) is 30.7 Å². The maximum atomic E-state index is 14.0. The lowest BCUT2D eigenvalue weighted by molar-refractivity contribution is 0.579. The normalized spacial score (nSPS) is 14.5. The molecule has 104 valence electrons. The van der Waals surface area contributed by atoms with Gasteiger partial charge in [-0.3, -0.25) is 0 Å². The molecule has 1 aliphatic carbocycles. The molecular weight excluding hydrogens is 293 g/mol. The van der Waals surface area contributed by atoms with Crippen molar-refractivity contribution >= 4 is 23.4 Å². The summed E-state index contributed by atoms with van der Waals surface area (Å²) in [6.07, 6.45) is 2.39. The Bertz CT molecular complexity index is 613. The van der Waals surface area contributed by atoms with Gasteiger partial charge >= 0.3 is 0 Å². The molecule has 1 aliphatic rings. The molecule has 20 heavy (non-hydrogen) atoms. The topological polar surface area (TPSA) is 12.0 Å². The molecule has 0 aliphatic heterocycles. The number of benzene rings is 2. The summed E-state index contributed by atoms with van der Waals surface area (Å²) >= 11 is 7.69. The van der Waals surface area contributed by atoms with Gasteiger partial charge in [0.1, 0.15) is 5.82 Å². The van der Waals surface area contributed by atoms with Gasteiger partial charge in [0.15, 0.2) is 0 Å². The predicted molar refractivity (Wildman–Crippen MR) is 81.8 cm³/mol. The van der Waals surface area contributed by atoms with Crippen LogP contribution in [0.3, 0.4) is 0 Å². The highest BCUT2D eigenvalue weighted by atomic mass is 35.5. The Morgan fingerprint density at radius 3 is 2.60 bits per heavy atom. The molecule has 1 fully saturated rings. The molecule has 1 nitrogen and oxygen atoms in total. The van der Waals surface area contributed by atoms with Crippen molar-refractivity contribution < 1.29 is 4.39 Å². The van der Waals surface area contributed by atoms with E-state index in [2.05, 4.69) is 5.32 Å². The summed E-state index contributed by atoms with van der Waals surface area (Å²) in [6, 6.07) is 13.4. The first-order chi connectivity index (χ1) is 9.74. The summed E-state index contributed by atoms with van der Waals surface area (Å²) in [6.45, 7) is 0.574. The van der Waals surface area contributed by atoms with Crippen LogP contribution < -0.4 is 5.32 Å². The van der Waals surface area contributed by atoms with Crippen molar-refractivity contribution in [2.75, 3.05) is 0 Å². The van der Waals surface area contributed by atoms with Crippen LogP contribution in [0.5, 0.6) is 0 Å². The highest BCUT2D eigenvalue weighted by molar-refractivity contribution is 7.99. The minimum Gasteiger partial charge on any atom is -0.310 e. The second-order valence-corrected chi connectivity index (χ2v) is 6.40. The van der Waals surface area contributed by atoms with E-state index in [1.807, 2.05) is 30.3 Å². The Morgan fingerprint density at radius 2 is 1.85 bits per heavy atom. The van der Waals surface area contributed by atoms with E-state index in [0.717, 1.165) is 15.4 Å². The number of hydrogen-bond acceptors (Lipinski definition) is 2. The quantitative estimate of drug-likeness (QED) is 0.844. The summed E-state index contributed by atoms with van der Waals surface area (Å²) in [5, 5.41) is 4.07. The first kappa shape index (κ1) is 13.9. The van der Waals surface area contributed by atoms with Crippen LogP contribution in [-0.4, -0.2) is 6.04 Å². The van der Waals surface area contributed by atoms with Crippen LogP contribution in [-0.2, 0) is 6.54 Å². The van der Waals surface area contributed by atoms with Crippen LogP contribution >= 0.6 is 23.4 Å². The fraction of sp³-hybridized carbons (Fsp3) is 0.250. The van der Waals surface area contributed by atoms with Gasteiger partial charge in [0, 0.05) is 27.9 Å². The Balaban J connectivity index is 1.84. The zero-order valence-electron chi connectivity index (χ0n) is 10.9. The molecule has 2 aromatic carbocycles. The van der Waals surface area contributed by atoms with E-state index in [1.54, 1.807) is 6.07 Å². The Labute approximate surface area is 127 Å². The summed E-state index contributed by atoms with van der Waals surface area (Å²) in [4.78, 5) is 1.87. The summed E-state index contributed by atoms with van der Waals surface area (Å²) in [7, 11) is 0. The molecule has 0 bridgehead atoms. The minimum atomic E-state index is -0.157. The van der Waals surface area contributed by atoms with Crippen LogP contribution in [0.15, 0.2) is 52.3 Å². The third-order valence-corrected chi connectivity index (χ3v) is 4.90. The van der Waals surface area contributed by atoms with E-state index in [-0.39, 0.29) is 5.82 Å². The van der Waals surface area contributed by atoms with Crippen LogP contribution in [0.2, 0.25) is 5.02 Å². The Hall–Kier alpha value is -1.03.